The number of nitrogens with zero attached hydrogens (tertiary/aromatic N) is 3. The van der Waals surface area contributed by atoms with Crippen molar-refractivity contribution in [3.8, 4) is 11.3 Å². The van der Waals surface area contributed by atoms with Gasteiger partial charge in [-0.1, -0.05) is 30.3 Å². The molecule has 7 heteroatoms. The number of aromatic nitrogens is 2. The lowest BCUT2D eigenvalue weighted by Crippen LogP contribution is -2.39. The topological polar surface area (TPSA) is 46.1 Å². The van der Waals surface area contributed by atoms with Crippen molar-refractivity contribution >= 4 is 5.91 Å². The van der Waals surface area contributed by atoms with E-state index in [1.54, 1.807) is 29.3 Å². The Morgan fingerprint density at radius 3 is 2.53 bits per heavy atom. The highest BCUT2D eigenvalue weighted by atomic mass is 19.4. The van der Waals surface area contributed by atoms with Crippen LogP contribution >= 0.6 is 0 Å². The Kier molecular flexibility index (Phi) is 5.53. The number of likely N-dealkylation sites (tertiary alicyclic amines) is 1. The second kappa shape index (κ2) is 8.26. The lowest BCUT2D eigenvalue weighted by atomic mass is 9.91. The Hall–Kier alpha value is -3.22. The quantitative estimate of drug-likeness (QED) is 0.596. The standard InChI is InChI=1S/C23H20F3N3O/c24-23(25,26)19-10-4-8-17(14-19)20-21(28-12-11-27-20)18-9-5-13-29(15-18)22(30)16-6-2-1-3-7-16/h1-4,6-8,10-12,14,18H,5,9,13,15H2. The van der Waals surface area contributed by atoms with Gasteiger partial charge in [-0.2, -0.15) is 13.2 Å². The van der Waals surface area contributed by atoms with Crippen LogP contribution < -0.4 is 0 Å². The highest BCUT2D eigenvalue weighted by Crippen LogP contribution is 2.35. The fourth-order valence-electron chi connectivity index (χ4n) is 3.86. The van der Waals surface area contributed by atoms with E-state index in [1.165, 1.54) is 12.3 Å². The van der Waals surface area contributed by atoms with Crippen LogP contribution in [0, 0.1) is 0 Å². The van der Waals surface area contributed by atoms with Gasteiger partial charge in [0.2, 0.25) is 0 Å². The number of halogens is 3. The zero-order chi connectivity index (χ0) is 21.1. The molecule has 30 heavy (non-hydrogen) atoms. The highest BCUT2D eigenvalue weighted by molar-refractivity contribution is 5.94. The van der Waals surface area contributed by atoms with Crippen LogP contribution in [-0.4, -0.2) is 33.9 Å². The van der Waals surface area contributed by atoms with E-state index in [-0.39, 0.29) is 11.8 Å². The normalized spacial score (nSPS) is 17.0. The third kappa shape index (κ3) is 4.20. The molecule has 0 aliphatic carbocycles. The van der Waals surface area contributed by atoms with Gasteiger partial charge in [-0.25, -0.2) is 0 Å². The molecular formula is C23H20F3N3O. The molecule has 0 saturated carbocycles. The Balaban J connectivity index is 1.63. The molecule has 1 aliphatic heterocycles. The van der Waals surface area contributed by atoms with Crippen molar-refractivity contribution in [3.05, 3.63) is 83.8 Å². The van der Waals surface area contributed by atoms with Crippen LogP contribution in [0.2, 0.25) is 0 Å². The van der Waals surface area contributed by atoms with Crippen molar-refractivity contribution in [3.63, 3.8) is 0 Å². The fraction of sp³-hybridized carbons (Fsp3) is 0.261. The van der Waals surface area contributed by atoms with E-state index in [2.05, 4.69) is 9.97 Å². The zero-order valence-corrected chi connectivity index (χ0v) is 16.1. The maximum absolute atomic E-state index is 13.2. The van der Waals surface area contributed by atoms with Gasteiger partial charge in [-0.15, -0.1) is 0 Å². The van der Waals surface area contributed by atoms with E-state index in [0.717, 1.165) is 25.0 Å². The summed E-state index contributed by atoms with van der Waals surface area (Å²) in [4.78, 5) is 23.4. The molecule has 3 aromatic rings. The first kappa shape index (κ1) is 20.1. The van der Waals surface area contributed by atoms with E-state index in [1.807, 2.05) is 18.2 Å². The monoisotopic (exact) mass is 411 g/mol. The Morgan fingerprint density at radius 1 is 1.00 bits per heavy atom. The Labute approximate surface area is 172 Å². The third-order valence-electron chi connectivity index (χ3n) is 5.31. The van der Waals surface area contributed by atoms with Crippen molar-refractivity contribution in [1.29, 1.82) is 0 Å². The summed E-state index contributed by atoms with van der Waals surface area (Å²) in [5.41, 5.74) is 1.33. The maximum atomic E-state index is 13.2. The summed E-state index contributed by atoms with van der Waals surface area (Å²) in [6, 6.07) is 14.2. The van der Waals surface area contributed by atoms with Crippen LogP contribution in [0.15, 0.2) is 67.0 Å². The minimum Gasteiger partial charge on any atom is -0.338 e. The van der Waals surface area contributed by atoms with Gasteiger partial charge in [-0.05, 0) is 37.1 Å². The van der Waals surface area contributed by atoms with Crippen LogP contribution in [0.3, 0.4) is 0 Å². The first-order valence-corrected chi connectivity index (χ1v) is 9.76. The molecular weight excluding hydrogens is 391 g/mol. The van der Waals surface area contributed by atoms with Crippen molar-refractivity contribution in [2.75, 3.05) is 13.1 Å². The van der Waals surface area contributed by atoms with Crippen LogP contribution in [0.1, 0.15) is 40.4 Å². The predicted octanol–water partition coefficient (Wildman–Crippen LogP) is 5.18. The van der Waals surface area contributed by atoms with Gasteiger partial charge >= 0.3 is 6.18 Å². The molecule has 0 N–H and O–H groups in total. The second-order valence-electron chi connectivity index (χ2n) is 7.33. The number of amides is 1. The number of carbonyl (C=O) groups is 1. The second-order valence-corrected chi connectivity index (χ2v) is 7.33. The Morgan fingerprint density at radius 2 is 1.77 bits per heavy atom. The van der Waals surface area contributed by atoms with Crippen molar-refractivity contribution < 1.29 is 18.0 Å². The summed E-state index contributed by atoms with van der Waals surface area (Å²) in [6.07, 6.45) is 0.187. The highest BCUT2D eigenvalue weighted by Gasteiger charge is 2.32. The molecule has 1 amide bonds. The van der Waals surface area contributed by atoms with Crippen LogP contribution in [0.25, 0.3) is 11.3 Å². The van der Waals surface area contributed by atoms with Crippen LogP contribution in [0.4, 0.5) is 13.2 Å². The van der Waals surface area contributed by atoms with Gasteiger partial charge in [0.1, 0.15) is 0 Å². The molecule has 1 fully saturated rings. The first-order chi connectivity index (χ1) is 14.4. The SMILES string of the molecule is O=C(c1ccccc1)N1CCCC(c2nccnc2-c2cccc(C(F)(F)F)c2)C1. The predicted molar refractivity (Wildman–Crippen MR) is 107 cm³/mol. The number of piperidine rings is 1. The molecule has 1 unspecified atom stereocenters. The van der Waals surface area contributed by atoms with Crippen LogP contribution in [0.5, 0.6) is 0 Å². The molecule has 0 radical (unpaired) electrons. The first-order valence-electron chi connectivity index (χ1n) is 9.76. The largest absolute Gasteiger partial charge is 0.416 e. The van der Waals surface area contributed by atoms with E-state index in [4.69, 9.17) is 0 Å². The van der Waals surface area contributed by atoms with E-state index in [0.29, 0.717) is 35.6 Å². The summed E-state index contributed by atoms with van der Waals surface area (Å²) in [7, 11) is 0. The lowest BCUT2D eigenvalue weighted by molar-refractivity contribution is -0.137. The minimum atomic E-state index is -4.43. The molecule has 1 saturated heterocycles. The maximum Gasteiger partial charge on any atom is 0.416 e. The van der Waals surface area contributed by atoms with Gasteiger partial charge in [0, 0.05) is 42.5 Å². The number of carbonyl (C=O) groups excluding carboxylic acids is 1. The van der Waals surface area contributed by atoms with Crippen molar-refractivity contribution in [2.45, 2.75) is 24.9 Å². The van der Waals surface area contributed by atoms with Gasteiger partial charge in [-0.3, -0.25) is 14.8 Å². The number of rotatable bonds is 3. The Bertz CT molecular complexity index is 1040. The van der Waals surface area contributed by atoms with Crippen molar-refractivity contribution in [1.82, 2.24) is 14.9 Å². The molecule has 0 bridgehead atoms. The molecule has 1 atom stereocenters. The molecule has 0 spiro atoms. The van der Waals surface area contributed by atoms with Gasteiger partial charge < -0.3 is 4.90 Å². The van der Waals surface area contributed by atoms with Crippen molar-refractivity contribution in [2.24, 2.45) is 0 Å². The van der Waals surface area contributed by atoms with E-state index >= 15 is 0 Å². The average molecular weight is 411 g/mol. The average Bonchev–Trinajstić information content (AvgIpc) is 2.79. The van der Waals surface area contributed by atoms with Gasteiger partial charge in [0.05, 0.1) is 17.0 Å². The molecule has 2 aromatic carbocycles. The zero-order valence-electron chi connectivity index (χ0n) is 16.1. The number of benzene rings is 2. The summed E-state index contributed by atoms with van der Waals surface area (Å²) < 4.78 is 39.5. The molecule has 2 heterocycles. The smallest absolute Gasteiger partial charge is 0.338 e. The lowest BCUT2D eigenvalue weighted by Gasteiger charge is -2.33. The number of alkyl halides is 3. The van der Waals surface area contributed by atoms with E-state index in [9.17, 15) is 18.0 Å². The van der Waals surface area contributed by atoms with E-state index < -0.39 is 11.7 Å². The number of hydrogen-bond donors (Lipinski definition) is 0. The summed E-state index contributed by atoms with van der Waals surface area (Å²) in [5, 5.41) is 0. The molecule has 154 valence electrons. The molecule has 1 aromatic heterocycles. The molecule has 4 nitrogen and oxygen atoms in total. The summed E-state index contributed by atoms with van der Waals surface area (Å²) in [5.74, 6) is -0.144. The molecule has 4 rings (SSSR count). The van der Waals surface area contributed by atoms with Crippen LogP contribution in [-0.2, 0) is 6.18 Å². The minimum absolute atomic E-state index is 0.0511. The summed E-state index contributed by atoms with van der Waals surface area (Å²) >= 11 is 0. The van der Waals surface area contributed by atoms with Gasteiger partial charge in [0.15, 0.2) is 0 Å². The molecule has 1 aliphatic rings. The fourth-order valence-corrected chi connectivity index (χ4v) is 3.86. The summed E-state index contributed by atoms with van der Waals surface area (Å²) in [6.45, 7) is 1.10. The van der Waals surface area contributed by atoms with Gasteiger partial charge in [0.25, 0.3) is 5.91 Å². The third-order valence-corrected chi connectivity index (χ3v) is 5.31. The number of hydrogen-bond acceptors (Lipinski definition) is 3.